The fraction of sp³-hybridized carbons (Fsp3) is 0.515. The lowest BCUT2D eigenvalue weighted by Crippen LogP contribution is -2.34. The number of hydrogen-bond donors (Lipinski definition) is 0. The quantitative estimate of drug-likeness (QED) is 0.146. The molecule has 0 bridgehead atoms. The standard InChI is InChI=1S/C33H42N2O4S3/c1-7-11-13-21(9-3)17-34-30(36)20(5)26(32(34)38)28(40-6)24-15-16-25(42-24)29-27-23(19-41-29)31(37)35(33(27)39)18-22(10-4)14-12-8-2/h15-16,19,21-22H,5,7-14,17-18H2,1-4,6H3. The van der Waals surface area contributed by atoms with Gasteiger partial charge >= 0.3 is 0 Å². The Labute approximate surface area is 262 Å². The van der Waals surface area contributed by atoms with Crippen LogP contribution >= 0.6 is 34.4 Å². The van der Waals surface area contributed by atoms with E-state index >= 15 is 0 Å². The predicted octanol–water partition coefficient (Wildman–Crippen LogP) is 8.50. The van der Waals surface area contributed by atoms with Crippen LogP contribution in [0.1, 0.15) is 105 Å². The molecule has 0 radical (unpaired) electrons. The molecule has 1 fully saturated rings. The molecule has 2 aromatic heterocycles. The SMILES string of the molecule is C=C1C(=O)N(CC(CC)CCCC)C(=O)C1=C(SC)c1ccc(-c2scc3c2C(=O)N(CC(CC)CCCC)C3=O)s1. The fourth-order valence-corrected chi connectivity index (χ4v) is 8.91. The van der Waals surface area contributed by atoms with Crippen molar-refractivity contribution < 1.29 is 19.2 Å². The molecule has 9 heteroatoms. The van der Waals surface area contributed by atoms with Crippen LogP contribution in [-0.4, -0.2) is 52.8 Å². The molecule has 0 N–H and O–H groups in total. The number of likely N-dealkylation sites (tertiary alicyclic amines) is 1. The van der Waals surface area contributed by atoms with Crippen molar-refractivity contribution in [3.63, 3.8) is 0 Å². The Morgan fingerprint density at radius 1 is 0.857 bits per heavy atom. The lowest BCUT2D eigenvalue weighted by molar-refractivity contribution is -0.137. The third-order valence-electron chi connectivity index (χ3n) is 8.44. The number of thioether (sulfide) groups is 1. The van der Waals surface area contributed by atoms with Crippen molar-refractivity contribution in [3.05, 3.63) is 51.2 Å². The number of fused-ring (bicyclic) bond motifs is 1. The number of nitrogens with zero attached hydrogens (tertiary/aromatic N) is 2. The molecule has 4 heterocycles. The van der Waals surface area contributed by atoms with E-state index in [0.717, 1.165) is 70.9 Å². The van der Waals surface area contributed by atoms with E-state index in [9.17, 15) is 19.2 Å². The minimum absolute atomic E-state index is 0.202. The second kappa shape index (κ2) is 14.3. The Bertz CT molecular complexity index is 1400. The number of unbranched alkanes of at least 4 members (excludes halogenated alkanes) is 2. The largest absolute Gasteiger partial charge is 0.274 e. The van der Waals surface area contributed by atoms with Crippen LogP contribution in [0.15, 0.2) is 35.2 Å². The first-order valence-electron chi connectivity index (χ1n) is 15.1. The van der Waals surface area contributed by atoms with E-state index in [4.69, 9.17) is 0 Å². The van der Waals surface area contributed by atoms with Crippen LogP contribution in [0.25, 0.3) is 14.7 Å². The summed E-state index contributed by atoms with van der Waals surface area (Å²) < 4.78 is 0. The zero-order valence-corrected chi connectivity index (χ0v) is 27.9. The van der Waals surface area contributed by atoms with Crippen LogP contribution in [0.5, 0.6) is 0 Å². The molecule has 2 aromatic rings. The normalized spacial score (nSPS) is 18.0. The fourth-order valence-electron chi connectivity index (χ4n) is 5.73. The van der Waals surface area contributed by atoms with Gasteiger partial charge in [-0.3, -0.25) is 29.0 Å². The van der Waals surface area contributed by atoms with E-state index in [0.29, 0.717) is 35.7 Å². The van der Waals surface area contributed by atoms with Crippen LogP contribution in [0.2, 0.25) is 0 Å². The number of hydrogen-bond acceptors (Lipinski definition) is 7. The van der Waals surface area contributed by atoms with E-state index in [-0.39, 0.29) is 35.1 Å². The summed E-state index contributed by atoms with van der Waals surface area (Å²) in [4.78, 5) is 59.5. The van der Waals surface area contributed by atoms with Crippen molar-refractivity contribution in [2.45, 2.75) is 79.1 Å². The second-order valence-corrected chi connectivity index (χ2v) is 14.0. The van der Waals surface area contributed by atoms with E-state index < -0.39 is 0 Å². The molecular formula is C33H42N2O4S3. The zero-order chi connectivity index (χ0) is 30.6. The molecule has 4 amide bonds. The van der Waals surface area contributed by atoms with Gasteiger partial charge in [0.1, 0.15) is 0 Å². The highest BCUT2D eigenvalue weighted by molar-refractivity contribution is 8.08. The van der Waals surface area contributed by atoms with Crippen LogP contribution in [0, 0.1) is 11.8 Å². The van der Waals surface area contributed by atoms with Crippen LogP contribution < -0.4 is 0 Å². The third-order valence-corrected chi connectivity index (χ3v) is 11.7. The van der Waals surface area contributed by atoms with Gasteiger partial charge < -0.3 is 0 Å². The molecule has 6 nitrogen and oxygen atoms in total. The maximum absolute atomic E-state index is 13.6. The van der Waals surface area contributed by atoms with Gasteiger partial charge in [0.05, 0.1) is 21.6 Å². The van der Waals surface area contributed by atoms with E-state index in [2.05, 4.69) is 34.3 Å². The molecule has 4 rings (SSSR count). The Kier molecular flexibility index (Phi) is 11.1. The number of carbonyl (C=O) groups excluding carboxylic acids is 4. The summed E-state index contributed by atoms with van der Waals surface area (Å²) in [6.07, 6.45) is 10.1. The van der Waals surface area contributed by atoms with E-state index in [1.165, 1.54) is 44.2 Å². The first-order valence-corrected chi connectivity index (χ1v) is 18.1. The smallest absolute Gasteiger partial charge is 0.263 e. The summed E-state index contributed by atoms with van der Waals surface area (Å²) in [7, 11) is 0. The van der Waals surface area contributed by atoms with E-state index in [1.807, 2.05) is 18.4 Å². The first-order chi connectivity index (χ1) is 20.2. The Balaban J connectivity index is 1.61. The summed E-state index contributed by atoms with van der Waals surface area (Å²) in [5.74, 6) is -0.424. The number of imide groups is 2. The summed E-state index contributed by atoms with van der Waals surface area (Å²) in [5, 5.41) is 1.80. The van der Waals surface area contributed by atoms with Crippen LogP contribution in [0.3, 0.4) is 0 Å². The third kappa shape index (κ3) is 6.24. The zero-order valence-electron chi connectivity index (χ0n) is 25.4. The number of amides is 4. The monoisotopic (exact) mass is 626 g/mol. The van der Waals surface area contributed by atoms with Gasteiger partial charge in [-0.2, -0.15) is 0 Å². The predicted molar refractivity (Wildman–Crippen MR) is 176 cm³/mol. The van der Waals surface area contributed by atoms with Gasteiger partial charge in [0.25, 0.3) is 23.6 Å². The molecule has 0 aromatic carbocycles. The van der Waals surface area contributed by atoms with Crippen molar-refractivity contribution in [2.24, 2.45) is 11.8 Å². The van der Waals surface area contributed by atoms with Crippen LogP contribution in [0.4, 0.5) is 0 Å². The van der Waals surface area contributed by atoms with Gasteiger partial charge in [-0.1, -0.05) is 72.8 Å². The van der Waals surface area contributed by atoms with Crippen molar-refractivity contribution in [1.82, 2.24) is 9.80 Å². The molecular weight excluding hydrogens is 585 g/mol. The minimum atomic E-state index is -0.308. The van der Waals surface area contributed by atoms with Gasteiger partial charge in [-0.15, -0.1) is 34.4 Å². The van der Waals surface area contributed by atoms with Gasteiger partial charge in [-0.05, 0) is 43.1 Å². The highest BCUT2D eigenvalue weighted by Crippen LogP contribution is 2.45. The second-order valence-electron chi connectivity index (χ2n) is 11.2. The molecule has 2 aliphatic rings. The highest BCUT2D eigenvalue weighted by Gasteiger charge is 2.42. The minimum Gasteiger partial charge on any atom is -0.274 e. The molecule has 0 spiro atoms. The molecule has 0 saturated carbocycles. The molecule has 226 valence electrons. The lowest BCUT2D eigenvalue weighted by Gasteiger charge is -2.21. The topological polar surface area (TPSA) is 74.8 Å². The summed E-state index contributed by atoms with van der Waals surface area (Å²) in [6, 6.07) is 3.88. The molecule has 42 heavy (non-hydrogen) atoms. The molecule has 0 aliphatic carbocycles. The lowest BCUT2D eigenvalue weighted by atomic mass is 9.99. The molecule has 2 unspecified atom stereocenters. The van der Waals surface area contributed by atoms with Crippen molar-refractivity contribution in [3.8, 4) is 9.75 Å². The number of rotatable bonds is 15. The Hall–Kier alpha value is -2.49. The van der Waals surface area contributed by atoms with Crippen LogP contribution in [-0.2, 0) is 9.59 Å². The van der Waals surface area contributed by atoms with Crippen molar-refractivity contribution >= 4 is 63.0 Å². The Morgan fingerprint density at radius 3 is 2.00 bits per heavy atom. The molecule has 2 atom stereocenters. The first kappa shape index (κ1) is 32.4. The number of carbonyl (C=O) groups is 4. The summed E-state index contributed by atoms with van der Waals surface area (Å²) >= 11 is 4.31. The van der Waals surface area contributed by atoms with Crippen molar-refractivity contribution in [1.29, 1.82) is 0 Å². The average Bonchev–Trinajstić information content (AvgIpc) is 3.74. The number of thiophene rings is 2. The summed E-state index contributed by atoms with van der Waals surface area (Å²) in [6.45, 7) is 13.4. The van der Waals surface area contributed by atoms with Gasteiger partial charge in [0, 0.05) is 38.7 Å². The van der Waals surface area contributed by atoms with Gasteiger partial charge in [0.15, 0.2) is 0 Å². The van der Waals surface area contributed by atoms with Gasteiger partial charge in [0.2, 0.25) is 0 Å². The van der Waals surface area contributed by atoms with Gasteiger partial charge in [-0.25, -0.2) is 0 Å². The summed E-state index contributed by atoms with van der Waals surface area (Å²) in [5.41, 5.74) is 1.59. The Morgan fingerprint density at radius 2 is 1.45 bits per heavy atom. The van der Waals surface area contributed by atoms with E-state index in [1.54, 1.807) is 5.38 Å². The van der Waals surface area contributed by atoms with Crippen molar-refractivity contribution in [2.75, 3.05) is 19.3 Å². The molecule has 1 saturated heterocycles. The maximum Gasteiger partial charge on any atom is 0.263 e. The maximum atomic E-state index is 13.6. The molecule has 2 aliphatic heterocycles. The average molecular weight is 627 g/mol. The highest BCUT2D eigenvalue weighted by atomic mass is 32.2.